The molecule has 0 bridgehead atoms. The number of hydrogen-bond donors (Lipinski definition) is 1. The van der Waals surface area contributed by atoms with Crippen molar-refractivity contribution in [1.82, 2.24) is 14.3 Å². The van der Waals surface area contributed by atoms with Gasteiger partial charge in [0.15, 0.2) is 0 Å². The van der Waals surface area contributed by atoms with Crippen molar-refractivity contribution in [2.75, 3.05) is 18.4 Å². The number of anilines is 1. The highest BCUT2D eigenvalue weighted by molar-refractivity contribution is 7.90. The lowest BCUT2D eigenvalue weighted by atomic mass is 9.96. The van der Waals surface area contributed by atoms with E-state index in [1.807, 2.05) is 6.92 Å². The molecule has 0 spiro atoms. The van der Waals surface area contributed by atoms with Gasteiger partial charge in [-0.2, -0.15) is 17.5 Å². The van der Waals surface area contributed by atoms with Crippen molar-refractivity contribution in [2.45, 2.75) is 57.0 Å². The zero-order valence-corrected chi connectivity index (χ0v) is 14.8. The molecule has 3 rings (SSSR count). The lowest BCUT2D eigenvalue weighted by Gasteiger charge is -2.32. The maximum absolute atomic E-state index is 12.6. The number of piperidine rings is 1. The lowest BCUT2D eigenvalue weighted by molar-refractivity contribution is -0.0494. The van der Waals surface area contributed by atoms with Gasteiger partial charge >= 0.3 is 15.5 Å². The zero-order chi connectivity index (χ0) is 18.2. The van der Waals surface area contributed by atoms with E-state index in [9.17, 15) is 21.6 Å². The molecule has 1 aromatic rings. The highest BCUT2D eigenvalue weighted by Crippen LogP contribution is 2.31. The molecule has 0 atom stereocenters. The Morgan fingerprint density at radius 2 is 1.76 bits per heavy atom. The second kappa shape index (κ2) is 6.71. The average molecular weight is 378 g/mol. The van der Waals surface area contributed by atoms with Crippen molar-refractivity contribution in [3.05, 3.63) is 17.1 Å². The minimum atomic E-state index is -5.24. The van der Waals surface area contributed by atoms with E-state index >= 15 is 0 Å². The number of sulfonamides is 1. The van der Waals surface area contributed by atoms with E-state index in [1.165, 1.54) is 0 Å². The van der Waals surface area contributed by atoms with Gasteiger partial charge in [0.1, 0.15) is 11.6 Å². The SMILES string of the molecule is Cc1nc2c(c(NC3CCN(S(=O)(=O)C(F)(F)F)CC3)n1)CCCC2. The summed E-state index contributed by atoms with van der Waals surface area (Å²) >= 11 is 0. The van der Waals surface area contributed by atoms with Crippen LogP contribution in [0.4, 0.5) is 19.0 Å². The summed E-state index contributed by atoms with van der Waals surface area (Å²) in [5.41, 5.74) is -3.11. The largest absolute Gasteiger partial charge is 0.511 e. The van der Waals surface area contributed by atoms with Gasteiger partial charge in [-0.15, -0.1) is 0 Å². The molecule has 0 aromatic carbocycles. The summed E-state index contributed by atoms with van der Waals surface area (Å²) < 4.78 is 61.4. The third-order valence-electron chi connectivity index (χ3n) is 4.72. The first-order chi connectivity index (χ1) is 11.7. The Morgan fingerprint density at radius 3 is 2.40 bits per heavy atom. The first-order valence-corrected chi connectivity index (χ1v) is 9.82. The third-order valence-corrected chi connectivity index (χ3v) is 6.35. The van der Waals surface area contributed by atoms with Crippen molar-refractivity contribution >= 4 is 15.8 Å². The second-order valence-corrected chi connectivity index (χ2v) is 8.45. The molecule has 10 heteroatoms. The van der Waals surface area contributed by atoms with Crippen molar-refractivity contribution in [1.29, 1.82) is 0 Å². The molecule has 25 heavy (non-hydrogen) atoms. The van der Waals surface area contributed by atoms with Crippen LogP contribution in [0.15, 0.2) is 0 Å². The van der Waals surface area contributed by atoms with E-state index in [0.717, 1.165) is 42.8 Å². The van der Waals surface area contributed by atoms with E-state index in [0.29, 0.717) is 23.0 Å². The standard InChI is InChI=1S/C15H21F3N4O2S/c1-10-19-13-5-3-2-4-12(13)14(20-10)21-11-6-8-22(9-7-11)25(23,24)15(16,17)18/h11H,2-9H2,1H3,(H,19,20,21). The molecule has 140 valence electrons. The smallest absolute Gasteiger partial charge is 0.367 e. The van der Waals surface area contributed by atoms with Gasteiger partial charge in [-0.3, -0.25) is 0 Å². The fraction of sp³-hybridized carbons (Fsp3) is 0.733. The van der Waals surface area contributed by atoms with Crippen molar-refractivity contribution < 1.29 is 21.6 Å². The summed E-state index contributed by atoms with van der Waals surface area (Å²) in [4.78, 5) is 8.93. The number of aromatic nitrogens is 2. The molecule has 0 saturated carbocycles. The molecule has 0 radical (unpaired) electrons. The molecule has 1 N–H and O–H groups in total. The summed E-state index contributed by atoms with van der Waals surface area (Å²) in [6.07, 6.45) is 4.59. The van der Waals surface area contributed by atoms with Crippen LogP contribution in [-0.4, -0.2) is 47.3 Å². The summed E-state index contributed by atoms with van der Waals surface area (Å²) in [5, 5.41) is 3.31. The topological polar surface area (TPSA) is 75.2 Å². The summed E-state index contributed by atoms with van der Waals surface area (Å²) in [6.45, 7) is 1.52. The molecular weight excluding hydrogens is 357 g/mol. The fourth-order valence-electron chi connectivity index (χ4n) is 3.42. The highest BCUT2D eigenvalue weighted by Gasteiger charge is 2.50. The molecule has 1 aromatic heterocycles. The molecule has 1 aliphatic carbocycles. The van der Waals surface area contributed by atoms with Gasteiger partial charge < -0.3 is 5.32 Å². The number of nitrogens with zero attached hydrogens (tertiary/aromatic N) is 3. The first kappa shape index (κ1) is 18.4. The van der Waals surface area contributed by atoms with E-state index in [2.05, 4.69) is 15.3 Å². The van der Waals surface area contributed by atoms with Gasteiger partial charge in [-0.05, 0) is 45.4 Å². The normalized spacial score (nSPS) is 20.3. The number of fused-ring (bicyclic) bond motifs is 1. The molecule has 1 aliphatic heterocycles. The van der Waals surface area contributed by atoms with E-state index in [1.54, 1.807) is 0 Å². The Hall–Kier alpha value is -1.42. The van der Waals surface area contributed by atoms with Gasteiger partial charge in [0.25, 0.3) is 0 Å². The van der Waals surface area contributed by atoms with E-state index in [-0.39, 0.29) is 19.1 Å². The maximum atomic E-state index is 12.6. The molecule has 0 unspecified atom stereocenters. The lowest BCUT2D eigenvalue weighted by Crippen LogP contribution is -2.47. The van der Waals surface area contributed by atoms with Gasteiger partial charge in [-0.1, -0.05) is 0 Å². The van der Waals surface area contributed by atoms with Crippen LogP contribution >= 0.6 is 0 Å². The quantitative estimate of drug-likeness (QED) is 0.874. The van der Waals surface area contributed by atoms with Crippen LogP contribution in [0.2, 0.25) is 0 Å². The molecule has 0 amide bonds. The Balaban J connectivity index is 1.68. The first-order valence-electron chi connectivity index (χ1n) is 8.38. The predicted octanol–water partition coefficient (Wildman–Crippen LogP) is 2.39. The Bertz CT molecular complexity index is 744. The maximum Gasteiger partial charge on any atom is 0.511 e. The average Bonchev–Trinajstić information content (AvgIpc) is 2.54. The Labute approximate surface area is 144 Å². The number of hydrogen-bond acceptors (Lipinski definition) is 5. The second-order valence-electron chi connectivity index (χ2n) is 6.52. The minimum absolute atomic E-state index is 0.0972. The van der Waals surface area contributed by atoms with Crippen LogP contribution in [0.25, 0.3) is 0 Å². The molecule has 2 aliphatic rings. The number of rotatable bonds is 3. The molecule has 6 nitrogen and oxygen atoms in total. The van der Waals surface area contributed by atoms with Crippen LogP contribution in [0.5, 0.6) is 0 Å². The van der Waals surface area contributed by atoms with E-state index in [4.69, 9.17) is 0 Å². The molecular formula is C15H21F3N4O2S. The van der Waals surface area contributed by atoms with Crippen LogP contribution < -0.4 is 5.32 Å². The molecule has 1 fully saturated rings. The van der Waals surface area contributed by atoms with E-state index < -0.39 is 15.5 Å². The monoisotopic (exact) mass is 378 g/mol. The van der Waals surface area contributed by atoms with Crippen molar-refractivity contribution in [3.8, 4) is 0 Å². The third kappa shape index (κ3) is 3.74. The summed E-state index contributed by atoms with van der Waals surface area (Å²) in [5.74, 6) is 1.42. The van der Waals surface area contributed by atoms with Crippen LogP contribution in [0, 0.1) is 6.92 Å². The minimum Gasteiger partial charge on any atom is -0.367 e. The predicted molar refractivity (Wildman–Crippen MR) is 86.6 cm³/mol. The van der Waals surface area contributed by atoms with Crippen LogP contribution in [0.3, 0.4) is 0 Å². The van der Waals surface area contributed by atoms with Crippen molar-refractivity contribution in [2.24, 2.45) is 0 Å². The molecule has 2 heterocycles. The van der Waals surface area contributed by atoms with Gasteiger partial charge in [0, 0.05) is 30.4 Å². The Kier molecular flexibility index (Phi) is 4.93. The highest BCUT2D eigenvalue weighted by atomic mass is 32.2. The van der Waals surface area contributed by atoms with Gasteiger partial charge in [0.05, 0.1) is 0 Å². The number of aryl methyl sites for hydroxylation is 2. The Morgan fingerprint density at radius 1 is 1.12 bits per heavy atom. The van der Waals surface area contributed by atoms with Crippen molar-refractivity contribution in [3.63, 3.8) is 0 Å². The zero-order valence-electron chi connectivity index (χ0n) is 13.9. The summed E-state index contributed by atoms with van der Waals surface area (Å²) in [7, 11) is -5.24. The summed E-state index contributed by atoms with van der Waals surface area (Å²) in [6, 6.07) is -0.0972. The number of nitrogens with one attached hydrogen (secondary N) is 1. The van der Waals surface area contributed by atoms with Gasteiger partial charge in [0.2, 0.25) is 0 Å². The van der Waals surface area contributed by atoms with Crippen LogP contribution in [-0.2, 0) is 22.9 Å². The molecule has 1 saturated heterocycles. The van der Waals surface area contributed by atoms with Gasteiger partial charge in [-0.25, -0.2) is 18.4 Å². The fourth-order valence-corrected chi connectivity index (χ4v) is 4.40. The van der Waals surface area contributed by atoms with Crippen LogP contribution in [0.1, 0.15) is 42.8 Å². The number of halogens is 3. The number of alkyl halides is 3.